The molecular weight excluding hydrogens is 476 g/mol. The van der Waals surface area contributed by atoms with Crippen molar-refractivity contribution in [1.82, 2.24) is 24.3 Å². The third-order valence-electron chi connectivity index (χ3n) is 4.73. The van der Waals surface area contributed by atoms with Gasteiger partial charge in [-0.25, -0.2) is 9.13 Å². The minimum Gasteiger partial charge on any atom is -0.471 e. The lowest BCUT2D eigenvalue weighted by Crippen LogP contribution is -2.18. The molecule has 1 saturated heterocycles. The average molecular weight is 497 g/mol. The molecule has 1 aliphatic heterocycles. The maximum atomic E-state index is 6.24. The van der Waals surface area contributed by atoms with Crippen LogP contribution in [0.4, 0.5) is 0 Å². The second-order valence-electron chi connectivity index (χ2n) is 6.57. The minimum absolute atomic E-state index is 0.0510. The number of hydrogen-bond acceptors (Lipinski definition) is 5. The number of nitrogens with zero attached hydrogens (tertiary/aromatic N) is 5. The lowest BCUT2D eigenvalue weighted by atomic mass is 10.1. The highest BCUT2D eigenvalue weighted by molar-refractivity contribution is 14.2. The van der Waals surface area contributed by atoms with Crippen molar-refractivity contribution in [2.45, 2.75) is 26.4 Å². The molecule has 1 fully saturated rings. The van der Waals surface area contributed by atoms with E-state index in [1.165, 1.54) is 0 Å². The molecule has 0 amide bonds. The molecule has 0 bridgehead atoms. The van der Waals surface area contributed by atoms with Crippen molar-refractivity contribution in [3.05, 3.63) is 29.7 Å². The molecule has 27 heavy (non-hydrogen) atoms. The summed E-state index contributed by atoms with van der Waals surface area (Å²) < 4.78 is 15.5. The number of aryl methyl sites for hydroxylation is 3. The zero-order valence-corrected chi connectivity index (χ0v) is 18.6. The lowest BCUT2D eigenvalue weighted by Gasteiger charge is -2.14. The normalized spacial score (nSPS) is 17.4. The first kappa shape index (κ1) is 18.8. The van der Waals surface area contributed by atoms with Gasteiger partial charge < -0.3 is 9.47 Å². The van der Waals surface area contributed by atoms with Gasteiger partial charge in [-0.05, 0) is 48.0 Å². The Kier molecular flexibility index (Phi) is 5.22. The molecule has 3 aromatic rings. The molecule has 0 spiro atoms. The van der Waals surface area contributed by atoms with Gasteiger partial charge in [0.25, 0.3) is 0 Å². The Labute approximate surface area is 172 Å². The maximum Gasteiger partial charge on any atom is 0.221 e. The molecule has 1 unspecified atom stereocenters. The van der Waals surface area contributed by atoms with E-state index < -0.39 is 0 Å². The summed E-state index contributed by atoms with van der Waals surface area (Å²) in [7, 11) is 1.90. The van der Waals surface area contributed by atoms with Crippen LogP contribution in [0.3, 0.4) is 0 Å². The van der Waals surface area contributed by atoms with E-state index in [-0.39, 0.29) is 6.10 Å². The fourth-order valence-electron chi connectivity index (χ4n) is 3.51. The van der Waals surface area contributed by atoms with Crippen molar-refractivity contribution < 1.29 is 9.47 Å². The van der Waals surface area contributed by atoms with Gasteiger partial charge in [-0.3, -0.25) is 4.98 Å². The van der Waals surface area contributed by atoms with Crippen LogP contribution in [0.5, 0.6) is 5.88 Å². The van der Waals surface area contributed by atoms with Crippen LogP contribution in [-0.2, 0) is 11.8 Å². The lowest BCUT2D eigenvalue weighted by molar-refractivity contribution is 0.135. The number of hydrogen-bond donors (Lipinski definition) is 0. The van der Waals surface area contributed by atoms with Crippen molar-refractivity contribution in [1.29, 1.82) is 0 Å². The van der Waals surface area contributed by atoms with Crippen LogP contribution < -0.4 is 4.74 Å². The van der Waals surface area contributed by atoms with E-state index in [0.29, 0.717) is 13.0 Å². The first-order valence-electron chi connectivity index (χ1n) is 8.71. The van der Waals surface area contributed by atoms with E-state index in [2.05, 4.69) is 44.9 Å². The van der Waals surface area contributed by atoms with Gasteiger partial charge in [0.2, 0.25) is 5.88 Å². The van der Waals surface area contributed by atoms with Crippen LogP contribution in [0.25, 0.3) is 28.2 Å². The first-order chi connectivity index (χ1) is 13.0. The van der Waals surface area contributed by atoms with Gasteiger partial charge in [0.15, 0.2) is 0 Å². The molecule has 1 aliphatic rings. The molecule has 3 aromatic heterocycles. The van der Waals surface area contributed by atoms with E-state index in [9.17, 15) is 0 Å². The summed E-state index contributed by atoms with van der Waals surface area (Å²) in [4.78, 5) is 4.88. The van der Waals surface area contributed by atoms with E-state index in [1.54, 1.807) is 10.8 Å². The highest BCUT2D eigenvalue weighted by Gasteiger charge is 2.25. The minimum atomic E-state index is 0.0510. The molecule has 2 atom stereocenters. The third kappa shape index (κ3) is 3.28. The molecular formula is C18H21IN5O2P. The summed E-state index contributed by atoms with van der Waals surface area (Å²) in [6.45, 7) is 9.27. The first-order valence-corrected chi connectivity index (χ1v) is 12.8. The second kappa shape index (κ2) is 7.48. The fourth-order valence-corrected chi connectivity index (χ4v) is 5.07. The third-order valence-corrected chi connectivity index (χ3v) is 6.58. The molecule has 0 radical (unpaired) electrons. The Hall–Kier alpha value is -1.51. The molecule has 0 aliphatic carbocycles. The van der Waals surface area contributed by atoms with Gasteiger partial charge in [-0.1, -0.05) is 6.58 Å². The Balaban J connectivity index is 1.88. The predicted octanol–water partition coefficient (Wildman–Crippen LogP) is 4.05. The average Bonchev–Trinajstić information content (AvgIpc) is 3.34. The smallest absolute Gasteiger partial charge is 0.221 e. The largest absolute Gasteiger partial charge is 0.471 e. The number of ether oxygens (including phenoxy) is 2. The Morgan fingerprint density at radius 1 is 1.37 bits per heavy atom. The van der Waals surface area contributed by atoms with Crippen LogP contribution in [0.1, 0.15) is 23.5 Å². The van der Waals surface area contributed by atoms with Gasteiger partial charge in [0.1, 0.15) is 6.10 Å². The molecule has 4 heterocycles. The molecule has 142 valence electrons. The van der Waals surface area contributed by atoms with Crippen molar-refractivity contribution in [3.8, 4) is 17.1 Å². The standard InChI is InChI=1S/C18H21IN5O2P/c1-5-14-13-8-15(20-11(3)17(13)24(22-14)27-19)16-10(2)21-23(4)18(16)26-12-6-7-25-9-12/h5,8,12,27H,1,6-7,9H2,2-4H3/t12-/m1/s1. The monoisotopic (exact) mass is 497 g/mol. The number of halogens is 1. The van der Waals surface area contributed by atoms with Crippen LogP contribution >= 0.6 is 28.4 Å². The Morgan fingerprint density at radius 3 is 2.85 bits per heavy atom. The number of fused-ring (bicyclic) bond motifs is 1. The number of rotatable bonds is 5. The summed E-state index contributed by atoms with van der Waals surface area (Å²) in [6.07, 6.45) is 3.24. The summed E-state index contributed by atoms with van der Waals surface area (Å²) >= 11 is 2.33. The molecule has 0 N–H and O–H groups in total. The van der Waals surface area contributed by atoms with Gasteiger partial charge in [0.05, 0.1) is 53.4 Å². The quantitative estimate of drug-likeness (QED) is 0.393. The SMILES string of the molecule is C=Cc1nn(PI)c2c(C)nc(-c3c(C)nn(C)c3O[C@@H]3CCOC3)cc12. The maximum absolute atomic E-state index is 6.24. The van der Waals surface area contributed by atoms with Crippen molar-refractivity contribution >= 4 is 45.4 Å². The second-order valence-corrected chi connectivity index (χ2v) is 8.61. The van der Waals surface area contributed by atoms with Crippen LogP contribution in [-0.4, -0.2) is 43.6 Å². The van der Waals surface area contributed by atoms with Crippen LogP contribution in [0, 0.1) is 13.8 Å². The predicted molar refractivity (Wildman–Crippen MR) is 117 cm³/mol. The summed E-state index contributed by atoms with van der Waals surface area (Å²) in [6, 6.07) is 2.07. The molecule has 0 aromatic carbocycles. The van der Waals surface area contributed by atoms with E-state index >= 15 is 0 Å². The summed E-state index contributed by atoms with van der Waals surface area (Å²) in [5.74, 6) is 0.734. The van der Waals surface area contributed by atoms with E-state index in [1.807, 2.05) is 25.3 Å². The van der Waals surface area contributed by atoms with Gasteiger partial charge >= 0.3 is 0 Å². The molecule has 7 nitrogen and oxygen atoms in total. The Morgan fingerprint density at radius 2 is 2.19 bits per heavy atom. The van der Waals surface area contributed by atoms with Crippen molar-refractivity contribution in [3.63, 3.8) is 0 Å². The zero-order valence-electron chi connectivity index (χ0n) is 15.5. The van der Waals surface area contributed by atoms with Crippen LogP contribution in [0.2, 0.25) is 0 Å². The van der Waals surface area contributed by atoms with Crippen molar-refractivity contribution in [2.24, 2.45) is 7.05 Å². The molecule has 0 saturated carbocycles. The molecule has 4 rings (SSSR count). The Bertz CT molecular complexity index is 1020. The van der Waals surface area contributed by atoms with E-state index in [0.717, 1.165) is 58.1 Å². The van der Waals surface area contributed by atoms with Crippen LogP contribution in [0.15, 0.2) is 12.6 Å². The summed E-state index contributed by atoms with van der Waals surface area (Å²) in [5.41, 5.74) is 5.52. The topological polar surface area (TPSA) is 67.0 Å². The fraction of sp³-hybridized carbons (Fsp3) is 0.389. The highest BCUT2D eigenvalue weighted by Crippen LogP contribution is 2.38. The van der Waals surface area contributed by atoms with E-state index in [4.69, 9.17) is 14.5 Å². The number of pyridine rings is 1. The van der Waals surface area contributed by atoms with Gasteiger partial charge in [-0.15, -0.1) is 0 Å². The zero-order chi connectivity index (χ0) is 19.1. The molecule has 9 heteroatoms. The van der Waals surface area contributed by atoms with Gasteiger partial charge in [-0.2, -0.15) is 10.2 Å². The number of aromatic nitrogens is 5. The van der Waals surface area contributed by atoms with Crippen molar-refractivity contribution in [2.75, 3.05) is 13.2 Å². The van der Waals surface area contributed by atoms with Gasteiger partial charge in [0, 0.05) is 18.9 Å². The highest BCUT2D eigenvalue weighted by atomic mass is 127. The summed E-state index contributed by atoms with van der Waals surface area (Å²) in [5, 5.41) is 10.3.